The molecule has 0 radical (unpaired) electrons. The smallest absolute Gasteiger partial charge is 0.265 e. The summed E-state index contributed by atoms with van der Waals surface area (Å²) in [6, 6.07) is 13.5. The number of anilines is 1. The second kappa shape index (κ2) is 7.17. The van der Waals surface area contributed by atoms with Gasteiger partial charge >= 0.3 is 0 Å². The number of hydrogen-bond acceptors (Lipinski definition) is 3. The van der Waals surface area contributed by atoms with Crippen LogP contribution in [0.3, 0.4) is 0 Å². The summed E-state index contributed by atoms with van der Waals surface area (Å²) in [6.45, 7) is 1.59. The van der Waals surface area contributed by atoms with Crippen molar-refractivity contribution < 1.29 is 9.53 Å². The van der Waals surface area contributed by atoms with Gasteiger partial charge in [0, 0.05) is 5.02 Å². The standard InChI is InChI=1S/C16H12Cl2N2O2/c1-10(22-15-5-3-2-4-11(15)9-19)16(21)20-14-8-12(17)6-7-13(14)18/h2-8,10H,1H3,(H,20,21)/t10-/m0/s1. The van der Waals surface area contributed by atoms with E-state index in [2.05, 4.69) is 5.32 Å². The molecule has 0 saturated carbocycles. The molecule has 0 saturated heterocycles. The number of benzene rings is 2. The fraction of sp³-hybridized carbons (Fsp3) is 0.125. The van der Waals surface area contributed by atoms with E-state index in [4.69, 9.17) is 33.2 Å². The molecule has 2 aromatic rings. The molecule has 2 aromatic carbocycles. The third-order valence-corrected chi connectivity index (χ3v) is 3.43. The fourth-order valence-corrected chi connectivity index (χ4v) is 2.07. The minimum Gasteiger partial charge on any atom is -0.480 e. The van der Waals surface area contributed by atoms with Crippen molar-refractivity contribution in [1.82, 2.24) is 0 Å². The van der Waals surface area contributed by atoms with Gasteiger partial charge in [-0.25, -0.2) is 0 Å². The Bertz CT molecular complexity index is 741. The highest BCUT2D eigenvalue weighted by atomic mass is 35.5. The number of halogens is 2. The zero-order valence-electron chi connectivity index (χ0n) is 11.6. The molecule has 6 heteroatoms. The normalized spacial score (nSPS) is 11.4. The van der Waals surface area contributed by atoms with Gasteiger partial charge in [0.1, 0.15) is 11.8 Å². The predicted octanol–water partition coefficient (Wildman–Crippen LogP) is 4.27. The summed E-state index contributed by atoms with van der Waals surface area (Å²) in [5.41, 5.74) is 0.770. The highest BCUT2D eigenvalue weighted by Gasteiger charge is 2.17. The highest BCUT2D eigenvalue weighted by Crippen LogP contribution is 2.26. The number of para-hydroxylation sites is 1. The molecular formula is C16H12Cl2N2O2. The third kappa shape index (κ3) is 3.91. The van der Waals surface area contributed by atoms with Crippen molar-refractivity contribution in [2.24, 2.45) is 0 Å². The highest BCUT2D eigenvalue weighted by molar-refractivity contribution is 6.35. The molecule has 1 N–H and O–H groups in total. The number of nitrogens with zero attached hydrogens (tertiary/aromatic N) is 1. The van der Waals surface area contributed by atoms with Crippen LogP contribution in [0.1, 0.15) is 12.5 Å². The van der Waals surface area contributed by atoms with Crippen molar-refractivity contribution in [2.45, 2.75) is 13.0 Å². The Morgan fingerprint density at radius 2 is 2.00 bits per heavy atom. The molecule has 0 bridgehead atoms. The van der Waals surface area contributed by atoms with Crippen LogP contribution in [-0.4, -0.2) is 12.0 Å². The molecular weight excluding hydrogens is 323 g/mol. The quantitative estimate of drug-likeness (QED) is 0.907. The van der Waals surface area contributed by atoms with E-state index in [9.17, 15) is 4.79 Å². The molecule has 22 heavy (non-hydrogen) atoms. The largest absolute Gasteiger partial charge is 0.480 e. The third-order valence-electron chi connectivity index (χ3n) is 2.87. The lowest BCUT2D eigenvalue weighted by Crippen LogP contribution is -2.30. The minimum absolute atomic E-state index is 0.352. The summed E-state index contributed by atoms with van der Waals surface area (Å²) in [7, 11) is 0. The molecule has 0 aliphatic heterocycles. The molecule has 1 amide bonds. The van der Waals surface area contributed by atoms with Gasteiger partial charge in [-0.2, -0.15) is 5.26 Å². The molecule has 0 fully saturated rings. The maximum atomic E-state index is 12.2. The number of carbonyl (C=O) groups is 1. The van der Waals surface area contributed by atoms with Gasteiger partial charge in [0.05, 0.1) is 16.3 Å². The van der Waals surface area contributed by atoms with Gasteiger partial charge < -0.3 is 10.1 Å². The number of hydrogen-bond donors (Lipinski definition) is 1. The van der Waals surface area contributed by atoms with Crippen molar-refractivity contribution >= 4 is 34.8 Å². The average Bonchev–Trinajstić information content (AvgIpc) is 2.51. The number of nitrogens with one attached hydrogen (secondary N) is 1. The fourth-order valence-electron chi connectivity index (χ4n) is 1.73. The van der Waals surface area contributed by atoms with Crippen LogP contribution in [0.2, 0.25) is 10.0 Å². The van der Waals surface area contributed by atoms with Gasteiger partial charge in [-0.15, -0.1) is 0 Å². The Labute approximate surface area is 138 Å². The van der Waals surface area contributed by atoms with Crippen LogP contribution in [0.25, 0.3) is 0 Å². The number of rotatable bonds is 4. The zero-order chi connectivity index (χ0) is 16.1. The van der Waals surface area contributed by atoms with E-state index in [1.165, 1.54) is 0 Å². The molecule has 0 spiro atoms. The predicted molar refractivity (Wildman–Crippen MR) is 86.3 cm³/mol. The van der Waals surface area contributed by atoms with E-state index in [-0.39, 0.29) is 0 Å². The Hall–Kier alpha value is -2.22. The summed E-state index contributed by atoms with van der Waals surface area (Å²) in [6.07, 6.45) is -0.801. The number of carbonyl (C=O) groups excluding carboxylic acids is 1. The maximum absolute atomic E-state index is 12.2. The molecule has 2 rings (SSSR count). The molecule has 0 heterocycles. The van der Waals surface area contributed by atoms with E-state index in [1.807, 2.05) is 6.07 Å². The van der Waals surface area contributed by atoms with Crippen LogP contribution in [0.5, 0.6) is 5.75 Å². The van der Waals surface area contributed by atoms with Gasteiger partial charge in [0.2, 0.25) is 0 Å². The average molecular weight is 335 g/mol. The molecule has 1 atom stereocenters. The molecule has 112 valence electrons. The van der Waals surface area contributed by atoms with Gasteiger partial charge in [-0.05, 0) is 37.3 Å². The Kier molecular flexibility index (Phi) is 5.26. The molecule has 0 aromatic heterocycles. The molecule has 0 unspecified atom stereocenters. The van der Waals surface area contributed by atoms with E-state index >= 15 is 0 Å². The first kappa shape index (κ1) is 16.2. The van der Waals surface area contributed by atoms with Crippen molar-refractivity contribution in [1.29, 1.82) is 5.26 Å². The summed E-state index contributed by atoms with van der Waals surface area (Å²) in [5, 5.41) is 12.5. The molecule has 4 nitrogen and oxygen atoms in total. The van der Waals surface area contributed by atoms with Crippen molar-refractivity contribution in [3.05, 3.63) is 58.1 Å². The minimum atomic E-state index is -0.801. The topological polar surface area (TPSA) is 62.1 Å². The van der Waals surface area contributed by atoms with E-state index in [0.717, 1.165) is 0 Å². The lowest BCUT2D eigenvalue weighted by Gasteiger charge is -2.16. The first-order chi connectivity index (χ1) is 10.5. The summed E-state index contributed by atoms with van der Waals surface area (Å²) >= 11 is 11.9. The van der Waals surface area contributed by atoms with Crippen LogP contribution in [0.15, 0.2) is 42.5 Å². The summed E-state index contributed by atoms with van der Waals surface area (Å²) in [4.78, 5) is 12.2. The first-order valence-electron chi connectivity index (χ1n) is 6.43. The van der Waals surface area contributed by atoms with Crippen molar-refractivity contribution in [3.63, 3.8) is 0 Å². The monoisotopic (exact) mass is 334 g/mol. The molecule has 0 aliphatic rings. The molecule has 0 aliphatic carbocycles. The second-order valence-corrected chi connectivity index (χ2v) is 5.33. The number of amides is 1. The zero-order valence-corrected chi connectivity index (χ0v) is 13.2. The Morgan fingerprint density at radius 3 is 2.73 bits per heavy atom. The Balaban J connectivity index is 2.10. The van der Waals surface area contributed by atoms with Gasteiger partial charge in [0.25, 0.3) is 5.91 Å². The maximum Gasteiger partial charge on any atom is 0.265 e. The van der Waals surface area contributed by atoms with Gasteiger partial charge in [0.15, 0.2) is 6.10 Å². The summed E-state index contributed by atoms with van der Waals surface area (Å²) < 4.78 is 5.53. The number of nitriles is 1. The van der Waals surface area contributed by atoms with Crippen LogP contribution in [0, 0.1) is 11.3 Å². The van der Waals surface area contributed by atoms with Crippen LogP contribution in [-0.2, 0) is 4.79 Å². The van der Waals surface area contributed by atoms with E-state index < -0.39 is 12.0 Å². The second-order valence-electron chi connectivity index (χ2n) is 4.48. The lowest BCUT2D eigenvalue weighted by atomic mass is 10.2. The Morgan fingerprint density at radius 1 is 1.27 bits per heavy atom. The van der Waals surface area contributed by atoms with Crippen LogP contribution < -0.4 is 10.1 Å². The SMILES string of the molecule is C[C@H](Oc1ccccc1C#N)C(=O)Nc1cc(Cl)ccc1Cl. The van der Waals surface area contributed by atoms with Crippen LogP contribution >= 0.6 is 23.2 Å². The van der Waals surface area contributed by atoms with Gasteiger partial charge in [-0.1, -0.05) is 35.3 Å². The summed E-state index contributed by atoms with van der Waals surface area (Å²) in [5.74, 6) is -0.0400. The first-order valence-corrected chi connectivity index (χ1v) is 7.18. The lowest BCUT2D eigenvalue weighted by molar-refractivity contribution is -0.122. The van der Waals surface area contributed by atoms with E-state index in [0.29, 0.717) is 27.0 Å². The van der Waals surface area contributed by atoms with Crippen LogP contribution in [0.4, 0.5) is 5.69 Å². The van der Waals surface area contributed by atoms with Gasteiger partial charge in [-0.3, -0.25) is 4.79 Å². The van der Waals surface area contributed by atoms with Crippen molar-refractivity contribution in [3.8, 4) is 11.8 Å². The van der Waals surface area contributed by atoms with E-state index in [1.54, 1.807) is 49.4 Å². The number of ether oxygens (including phenoxy) is 1. The van der Waals surface area contributed by atoms with Crippen molar-refractivity contribution in [2.75, 3.05) is 5.32 Å².